The summed E-state index contributed by atoms with van der Waals surface area (Å²) in [7, 11) is 0.752. The van der Waals surface area contributed by atoms with Crippen LogP contribution >= 0.6 is 0 Å². The summed E-state index contributed by atoms with van der Waals surface area (Å²) < 4.78 is 123. The van der Waals surface area contributed by atoms with Gasteiger partial charge >= 0.3 is 18.4 Å². The second-order valence-corrected chi connectivity index (χ2v) is 3.99. The molecule has 0 N–H and O–H groups in total. The maximum atomic E-state index is 13.0. The number of hydrogen-bond acceptors (Lipinski definition) is 2. The summed E-state index contributed by atoms with van der Waals surface area (Å²) in [5.74, 6) is -5.31. The van der Waals surface area contributed by atoms with E-state index in [1.54, 1.807) is 0 Å². The minimum absolute atomic E-state index is 0.0547. The van der Waals surface area contributed by atoms with Crippen molar-refractivity contribution in [1.29, 1.82) is 0 Å². The van der Waals surface area contributed by atoms with Gasteiger partial charge in [0.05, 0.1) is 0 Å². The third kappa shape index (κ3) is 4.15. The minimum Gasteiger partial charge on any atom is -0.359 e. The van der Waals surface area contributed by atoms with E-state index in [4.69, 9.17) is 0 Å². The quantitative estimate of drug-likeness (QED) is 0.377. The summed E-state index contributed by atoms with van der Waals surface area (Å²) in [6.07, 6.45) is -17.0. The lowest BCUT2D eigenvalue weighted by atomic mass is 9.82. The zero-order chi connectivity index (χ0) is 17.8. The monoisotopic (exact) mass is 346 g/mol. The van der Waals surface area contributed by atoms with Gasteiger partial charge in [-0.05, 0) is 0 Å². The molecule has 2 nitrogen and oxygen atoms in total. The molecule has 0 amide bonds. The van der Waals surface area contributed by atoms with Crippen molar-refractivity contribution < 1.29 is 49.0 Å². The third-order valence-electron chi connectivity index (χ3n) is 2.66. The van der Waals surface area contributed by atoms with Crippen LogP contribution in [-0.2, 0) is 9.47 Å². The SMILES string of the molecule is C=CC(CC(F)=C(F)F)C(OCOC)(C(F)(F)F)C(F)(F)F. The summed E-state index contributed by atoms with van der Waals surface area (Å²) in [5.41, 5.74) is -4.94. The van der Waals surface area contributed by atoms with Crippen LogP contribution in [0.3, 0.4) is 0 Å². The molecule has 0 aliphatic rings. The van der Waals surface area contributed by atoms with Crippen molar-refractivity contribution in [2.75, 3.05) is 13.9 Å². The van der Waals surface area contributed by atoms with Gasteiger partial charge in [0.2, 0.25) is 0 Å². The number of ether oxygens (including phenoxy) is 2. The Labute approximate surface area is 119 Å². The van der Waals surface area contributed by atoms with E-state index in [1.165, 1.54) is 0 Å². The highest BCUT2D eigenvalue weighted by molar-refractivity contribution is 5.11. The highest BCUT2D eigenvalue weighted by atomic mass is 19.4. The Kier molecular flexibility index (Phi) is 6.95. The molecule has 0 spiro atoms. The van der Waals surface area contributed by atoms with Crippen LogP contribution in [-0.4, -0.2) is 31.9 Å². The summed E-state index contributed by atoms with van der Waals surface area (Å²) in [4.78, 5) is 0. The standard InChI is InChI=1S/C11H11F9O2/c1-3-6(4-7(12)8(13)14)9(10(15,16)17,11(18,19)20)22-5-21-2/h3,6H,1,4-5H2,2H3. The van der Waals surface area contributed by atoms with Gasteiger partial charge in [-0.15, -0.1) is 6.58 Å². The fourth-order valence-electron chi connectivity index (χ4n) is 1.67. The molecule has 22 heavy (non-hydrogen) atoms. The Hall–Kier alpha value is -1.23. The molecule has 0 aromatic rings. The van der Waals surface area contributed by atoms with E-state index in [9.17, 15) is 39.5 Å². The van der Waals surface area contributed by atoms with Crippen molar-refractivity contribution >= 4 is 0 Å². The number of allylic oxidation sites excluding steroid dienone is 1. The first-order valence-electron chi connectivity index (χ1n) is 5.43. The van der Waals surface area contributed by atoms with Gasteiger partial charge in [-0.3, -0.25) is 0 Å². The van der Waals surface area contributed by atoms with Crippen molar-refractivity contribution in [3.63, 3.8) is 0 Å². The predicted molar refractivity (Wildman–Crippen MR) is 56.5 cm³/mol. The molecule has 0 bridgehead atoms. The van der Waals surface area contributed by atoms with Gasteiger partial charge in [-0.25, -0.2) is 4.39 Å². The Morgan fingerprint density at radius 1 is 1.05 bits per heavy atom. The number of rotatable bonds is 7. The molecule has 130 valence electrons. The van der Waals surface area contributed by atoms with E-state index in [0.717, 1.165) is 7.11 Å². The van der Waals surface area contributed by atoms with Gasteiger partial charge in [-0.2, -0.15) is 35.1 Å². The largest absolute Gasteiger partial charge is 0.427 e. The molecule has 0 fully saturated rings. The van der Waals surface area contributed by atoms with Crippen LogP contribution in [0.25, 0.3) is 0 Å². The number of hydrogen-bond donors (Lipinski definition) is 0. The van der Waals surface area contributed by atoms with Gasteiger partial charge < -0.3 is 9.47 Å². The van der Waals surface area contributed by atoms with Crippen LogP contribution in [0.4, 0.5) is 39.5 Å². The van der Waals surface area contributed by atoms with Crippen LogP contribution in [0.5, 0.6) is 0 Å². The average Bonchev–Trinajstić information content (AvgIpc) is 2.34. The van der Waals surface area contributed by atoms with E-state index in [0.29, 0.717) is 0 Å². The summed E-state index contributed by atoms with van der Waals surface area (Å²) >= 11 is 0. The van der Waals surface area contributed by atoms with E-state index < -0.39 is 49.0 Å². The number of alkyl halides is 6. The lowest BCUT2D eigenvalue weighted by Gasteiger charge is -2.41. The molecule has 0 heterocycles. The molecule has 0 saturated heterocycles. The maximum absolute atomic E-state index is 13.0. The van der Waals surface area contributed by atoms with Crippen molar-refractivity contribution in [2.24, 2.45) is 5.92 Å². The fraction of sp³-hybridized carbons (Fsp3) is 0.636. The molecule has 0 rings (SSSR count). The van der Waals surface area contributed by atoms with E-state index in [2.05, 4.69) is 16.1 Å². The van der Waals surface area contributed by atoms with Crippen molar-refractivity contribution in [2.45, 2.75) is 24.4 Å². The maximum Gasteiger partial charge on any atom is 0.427 e. The molecule has 11 heteroatoms. The van der Waals surface area contributed by atoms with E-state index >= 15 is 0 Å². The highest BCUT2D eigenvalue weighted by Gasteiger charge is 2.75. The predicted octanol–water partition coefficient (Wildman–Crippen LogP) is 4.74. The smallest absolute Gasteiger partial charge is 0.359 e. The zero-order valence-corrected chi connectivity index (χ0v) is 11.0. The molecular formula is C11H11F9O2. The second-order valence-electron chi connectivity index (χ2n) is 3.99. The molecule has 0 aromatic heterocycles. The van der Waals surface area contributed by atoms with E-state index in [-0.39, 0.29) is 6.08 Å². The van der Waals surface area contributed by atoms with Gasteiger partial charge in [0, 0.05) is 19.4 Å². The fourth-order valence-corrected chi connectivity index (χ4v) is 1.67. The Morgan fingerprint density at radius 2 is 1.50 bits per heavy atom. The van der Waals surface area contributed by atoms with Gasteiger partial charge in [0.15, 0.2) is 5.83 Å². The summed E-state index contributed by atoms with van der Waals surface area (Å²) in [6.45, 7) is 1.27. The zero-order valence-electron chi connectivity index (χ0n) is 11.0. The Bertz CT molecular complexity index is 393. The minimum atomic E-state index is -6.09. The normalized spacial score (nSPS) is 14.6. The molecular weight excluding hydrogens is 335 g/mol. The lowest BCUT2D eigenvalue weighted by Crippen LogP contribution is -2.63. The van der Waals surface area contributed by atoms with Gasteiger partial charge in [-0.1, -0.05) is 6.08 Å². The Morgan fingerprint density at radius 3 is 1.77 bits per heavy atom. The van der Waals surface area contributed by atoms with Crippen molar-refractivity contribution in [3.05, 3.63) is 24.6 Å². The number of methoxy groups -OCH3 is 1. The topological polar surface area (TPSA) is 18.5 Å². The number of halogens is 9. The first-order chi connectivity index (χ1) is 9.85. The molecule has 0 radical (unpaired) electrons. The summed E-state index contributed by atoms with van der Waals surface area (Å²) in [5, 5.41) is 0. The second kappa shape index (κ2) is 7.36. The average molecular weight is 346 g/mol. The van der Waals surface area contributed by atoms with Crippen LogP contribution in [0.2, 0.25) is 0 Å². The first-order valence-corrected chi connectivity index (χ1v) is 5.43. The molecule has 0 aliphatic heterocycles. The van der Waals surface area contributed by atoms with Crippen molar-refractivity contribution in [3.8, 4) is 0 Å². The van der Waals surface area contributed by atoms with Crippen molar-refractivity contribution in [1.82, 2.24) is 0 Å². The van der Waals surface area contributed by atoms with Gasteiger partial charge in [0.1, 0.15) is 6.79 Å². The lowest BCUT2D eigenvalue weighted by molar-refractivity contribution is -0.404. The molecule has 0 aromatic carbocycles. The molecule has 1 unspecified atom stereocenters. The molecule has 0 saturated carbocycles. The van der Waals surface area contributed by atoms with Gasteiger partial charge in [0.25, 0.3) is 5.60 Å². The van der Waals surface area contributed by atoms with Crippen LogP contribution < -0.4 is 0 Å². The van der Waals surface area contributed by atoms with Crippen LogP contribution in [0.15, 0.2) is 24.6 Å². The van der Waals surface area contributed by atoms with Crippen LogP contribution in [0.1, 0.15) is 6.42 Å². The molecule has 1 atom stereocenters. The summed E-state index contributed by atoms with van der Waals surface area (Å²) in [6, 6.07) is 0. The highest BCUT2D eigenvalue weighted by Crippen LogP contribution is 2.52. The van der Waals surface area contributed by atoms with Crippen LogP contribution in [0, 0.1) is 5.92 Å². The third-order valence-corrected chi connectivity index (χ3v) is 2.66. The first kappa shape index (κ1) is 20.8. The Balaban J connectivity index is 6.10. The van der Waals surface area contributed by atoms with E-state index in [1.807, 2.05) is 0 Å². The molecule has 0 aliphatic carbocycles.